The average Bonchev–Trinajstić information content (AvgIpc) is 2.66. The third-order valence-electron chi connectivity index (χ3n) is 3.73. The van der Waals surface area contributed by atoms with E-state index in [0.717, 1.165) is 5.56 Å². The van der Waals surface area contributed by atoms with Gasteiger partial charge in [0.1, 0.15) is 5.75 Å². The van der Waals surface area contributed by atoms with E-state index in [1.807, 2.05) is 18.2 Å². The lowest BCUT2D eigenvalue weighted by Gasteiger charge is -2.07. The summed E-state index contributed by atoms with van der Waals surface area (Å²) in [6.45, 7) is 0. The summed E-state index contributed by atoms with van der Waals surface area (Å²) < 4.78 is 5.14. The molecule has 0 radical (unpaired) electrons. The maximum absolute atomic E-state index is 12.3. The number of carbonyl (C=O) groups excluding carboxylic acids is 1. The van der Waals surface area contributed by atoms with Crippen LogP contribution in [0.5, 0.6) is 5.75 Å². The molecule has 6 nitrogen and oxygen atoms in total. The van der Waals surface area contributed by atoms with Crippen LogP contribution in [0.15, 0.2) is 64.5 Å². The number of aromatic amines is 1. The van der Waals surface area contributed by atoms with Crippen molar-refractivity contribution in [2.24, 2.45) is 0 Å². The van der Waals surface area contributed by atoms with Crippen LogP contribution in [-0.4, -0.2) is 23.0 Å². The van der Waals surface area contributed by atoms with Gasteiger partial charge in [-0.2, -0.15) is 0 Å². The van der Waals surface area contributed by atoms with E-state index in [4.69, 9.17) is 16.3 Å². The highest BCUT2D eigenvalue weighted by atomic mass is 35.5. The first kappa shape index (κ1) is 20.0. The van der Waals surface area contributed by atoms with E-state index in [0.29, 0.717) is 33.1 Å². The maximum atomic E-state index is 12.3. The number of ether oxygens (including phenoxy) is 1. The van der Waals surface area contributed by atoms with E-state index < -0.39 is 0 Å². The van der Waals surface area contributed by atoms with Crippen LogP contribution in [0, 0.1) is 0 Å². The summed E-state index contributed by atoms with van der Waals surface area (Å²) in [5.74, 6) is 0.979. The summed E-state index contributed by atoms with van der Waals surface area (Å²) >= 11 is 7.36. The molecule has 0 aliphatic rings. The molecule has 144 valence electrons. The fourth-order valence-corrected chi connectivity index (χ4v) is 3.54. The topological polar surface area (TPSA) is 84.1 Å². The second-order valence-corrected chi connectivity index (χ2v) is 7.32. The molecule has 0 bridgehead atoms. The minimum Gasteiger partial charge on any atom is -0.497 e. The van der Waals surface area contributed by atoms with Gasteiger partial charge in [0.2, 0.25) is 5.91 Å². The molecule has 0 unspecified atom stereocenters. The molecule has 1 aromatic heterocycles. The molecule has 3 aromatic rings. The number of thioether (sulfide) groups is 1. The van der Waals surface area contributed by atoms with Gasteiger partial charge in [0, 0.05) is 28.6 Å². The number of aromatic nitrogens is 2. The molecule has 0 fully saturated rings. The molecule has 0 atom stereocenters. The predicted molar refractivity (Wildman–Crippen MR) is 111 cm³/mol. The number of halogens is 1. The number of hydrogen-bond acceptors (Lipinski definition) is 5. The van der Waals surface area contributed by atoms with Crippen molar-refractivity contribution in [3.63, 3.8) is 0 Å². The van der Waals surface area contributed by atoms with Crippen LogP contribution in [0.1, 0.15) is 11.3 Å². The van der Waals surface area contributed by atoms with Gasteiger partial charge >= 0.3 is 0 Å². The summed E-state index contributed by atoms with van der Waals surface area (Å²) in [5, 5.41) is 3.89. The number of methoxy groups -OCH3 is 1. The van der Waals surface area contributed by atoms with Gasteiger partial charge in [0.15, 0.2) is 5.16 Å². The Morgan fingerprint density at radius 2 is 2.04 bits per heavy atom. The molecule has 2 N–H and O–H groups in total. The molecular formula is C20H18ClN3O3S. The highest BCUT2D eigenvalue weighted by Crippen LogP contribution is 2.21. The van der Waals surface area contributed by atoms with Gasteiger partial charge in [-0.05, 0) is 29.8 Å². The Kier molecular flexibility index (Phi) is 6.73. The van der Waals surface area contributed by atoms with Crippen molar-refractivity contribution in [1.82, 2.24) is 9.97 Å². The molecule has 1 heterocycles. The van der Waals surface area contributed by atoms with Crippen LogP contribution in [-0.2, 0) is 17.0 Å². The lowest BCUT2D eigenvalue weighted by molar-refractivity contribution is -0.115. The van der Waals surface area contributed by atoms with Crippen molar-refractivity contribution in [3.05, 3.63) is 81.2 Å². The van der Waals surface area contributed by atoms with Crippen LogP contribution in [0.4, 0.5) is 5.69 Å². The number of nitrogens with zero attached hydrogens (tertiary/aromatic N) is 1. The molecule has 1 amide bonds. The van der Waals surface area contributed by atoms with Crippen molar-refractivity contribution in [2.45, 2.75) is 17.3 Å². The minimum absolute atomic E-state index is 0.00808. The van der Waals surface area contributed by atoms with Crippen LogP contribution in [0.2, 0.25) is 5.02 Å². The monoisotopic (exact) mass is 415 g/mol. The van der Waals surface area contributed by atoms with Gasteiger partial charge < -0.3 is 15.0 Å². The second-order valence-electron chi connectivity index (χ2n) is 5.92. The van der Waals surface area contributed by atoms with Crippen LogP contribution in [0.25, 0.3) is 0 Å². The van der Waals surface area contributed by atoms with Crippen molar-refractivity contribution in [3.8, 4) is 5.75 Å². The van der Waals surface area contributed by atoms with Gasteiger partial charge in [-0.15, -0.1) is 0 Å². The van der Waals surface area contributed by atoms with Crippen LogP contribution < -0.4 is 15.6 Å². The summed E-state index contributed by atoms with van der Waals surface area (Å²) in [6, 6.07) is 15.9. The summed E-state index contributed by atoms with van der Waals surface area (Å²) in [5.41, 5.74) is 1.73. The number of benzene rings is 2. The van der Waals surface area contributed by atoms with Crippen molar-refractivity contribution in [2.75, 3.05) is 12.4 Å². The zero-order chi connectivity index (χ0) is 19.9. The third kappa shape index (κ3) is 5.87. The molecule has 2 aromatic carbocycles. The zero-order valence-electron chi connectivity index (χ0n) is 15.1. The van der Waals surface area contributed by atoms with Gasteiger partial charge in [-0.1, -0.05) is 41.6 Å². The van der Waals surface area contributed by atoms with E-state index in [9.17, 15) is 9.59 Å². The number of amides is 1. The van der Waals surface area contributed by atoms with Gasteiger partial charge in [0.25, 0.3) is 5.56 Å². The highest BCUT2D eigenvalue weighted by molar-refractivity contribution is 7.98. The fourth-order valence-electron chi connectivity index (χ4n) is 2.49. The Hall–Kier alpha value is -2.77. The van der Waals surface area contributed by atoms with Crippen molar-refractivity contribution >= 4 is 35.0 Å². The highest BCUT2D eigenvalue weighted by Gasteiger charge is 2.09. The normalized spacial score (nSPS) is 10.5. The first-order chi connectivity index (χ1) is 13.5. The zero-order valence-corrected chi connectivity index (χ0v) is 16.6. The number of carbonyl (C=O) groups is 1. The predicted octanol–water partition coefficient (Wildman–Crippen LogP) is 3.91. The SMILES string of the molecule is COc1cccc(NC(=O)Cc2cc(=O)[nH]c(SCc3cccc(Cl)c3)n2)c1. The number of hydrogen-bond donors (Lipinski definition) is 2. The van der Waals surface area contributed by atoms with Gasteiger partial charge in [-0.3, -0.25) is 9.59 Å². The summed E-state index contributed by atoms with van der Waals surface area (Å²) in [4.78, 5) is 31.3. The second kappa shape index (κ2) is 9.43. The number of rotatable bonds is 7. The molecule has 0 aliphatic heterocycles. The Balaban J connectivity index is 1.65. The smallest absolute Gasteiger partial charge is 0.251 e. The standard InChI is InChI=1S/C20H18ClN3O3S/c1-27-17-7-3-6-15(9-17)22-18(25)10-16-11-19(26)24-20(23-16)28-12-13-4-2-5-14(21)8-13/h2-9,11H,10,12H2,1H3,(H,22,25)(H,23,24,26). The van der Waals surface area contributed by atoms with Gasteiger partial charge in [0.05, 0.1) is 19.2 Å². The summed E-state index contributed by atoms with van der Waals surface area (Å²) in [6.07, 6.45) is -0.00808. The molecule has 8 heteroatoms. The van der Waals surface area contributed by atoms with E-state index in [1.54, 1.807) is 37.4 Å². The Bertz CT molecular complexity index is 1040. The van der Waals surface area contributed by atoms with Crippen LogP contribution >= 0.6 is 23.4 Å². The van der Waals surface area contributed by atoms with E-state index in [-0.39, 0.29) is 17.9 Å². The average molecular weight is 416 g/mol. The van der Waals surface area contributed by atoms with E-state index in [2.05, 4.69) is 15.3 Å². The molecule has 0 saturated heterocycles. The first-order valence-corrected chi connectivity index (χ1v) is 9.79. The number of nitrogens with one attached hydrogen (secondary N) is 2. The lowest BCUT2D eigenvalue weighted by Crippen LogP contribution is -2.18. The largest absolute Gasteiger partial charge is 0.497 e. The maximum Gasteiger partial charge on any atom is 0.251 e. The Morgan fingerprint density at radius 3 is 2.82 bits per heavy atom. The third-order valence-corrected chi connectivity index (χ3v) is 4.91. The number of anilines is 1. The van der Waals surface area contributed by atoms with E-state index >= 15 is 0 Å². The molecule has 0 aliphatic carbocycles. The molecule has 0 spiro atoms. The fraction of sp³-hybridized carbons (Fsp3) is 0.150. The first-order valence-electron chi connectivity index (χ1n) is 8.43. The minimum atomic E-state index is -0.298. The Labute approximate surface area is 171 Å². The van der Waals surface area contributed by atoms with Crippen molar-refractivity contribution in [1.29, 1.82) is 0 Å². The lowest BCUT2D eigenvalue weighted by atomic mass is 10.2. The quantitative estimate of drug-likeness (QED) is 0.451. The molecular weight excluding hydrogens is 398 g/mol. The number of H-pyrrole nitrogens is 1. The Morgan fingerprint density at radius 1 is 1.21 bits per heavy atom. The van der Waals surface area contributed by atoms with Crippen molar-refractivity contribution < 1.29 is 9.53 Å². The van der Waals surface area contributed by atoms with Gasteiger partial charge in [-0.25, -0.2) is 4.98 Å². The molecule has 3 rings (SSSR count). The molecule has 28 heavy (non-hydrogen) atoms. The molecule has 0 saturated carbocycles. The summed E-state index contributed by atoms with van der Waals surface area (Å²) in [7, 11) is 1.56. The van der Waals surface area contributed by atoms with Crippen LogP contribution in [0.3, 0.4) is 0 Å². The van der Waals surface area contributed by atoms with E-state index in [1.165, 1.54) is 17.8 Å².